The van der Waals surface area contributed by atoms with Crippen molar-refractivity contribution in [2.45, 2.75) is 20.4 Å². The highest BCUT2D eigenvalue weighted by Gasteiger charge is 2.31. The molecule has 1 aliphatic heterocycles. The predicted molar refractivity (Wildman–Crippen MR) is 169 cm³/mol. The van der Waals surface area contributed by atoms with E-state index >= 15 is 0 Å². The Bertz CT molecular complexity index is 2090. The highest BCUT2D eigenvalue weighted by molar-refractivity contribution is 6.15. The van der Waals surface area contributed by atoms with Crippen molar-refractivity contribution >= 4 is 40.0 Å². The van der Waals surface area contributed by atoms with Gasteiger partial charge in [-0.15, -0.1) is 0 Å². The first-order valence-corrected chi connectivity index (χ1v) is 13.9. The zero-order valence-corrected chi connectivity index (χ0v) is 23.9. The Kier molecular flexibility index (Phi) is 6.17. The lowest BCUT2D eigenvalue weighted by molar-refractivity contribution is 0.0997. The zero-order valence-electron chi connectivity index (χ0n) is 23.9. The number of rotatable bonds is 4. The molecule has 3 aromatic carbocycles. The lowest BCUT2D eigenvalue weighted by Gasteiger charge is -2.17. The number of aromatic amines is 1. The van der Waals surface area contributed by atoms with Crippen molar-refractivity contribution in [2.24, 2.45) is 7.05 Å². The van der Waals surface area contributed by atoms with Crippen molar-refractivity contribution in [3.8, 4) is 23.1 Å². The number of nitrogens with two attached hydrogens (primary N) is 1. The Hall–Kier alpha value is -5.88. The van der Waals surface area contributed by atoms with Crippen LogP contribution in [0.25, 0.3) is 22.2 Å². The summed E-state index contributed by atoms with van der Waals surface area (Å²) in [5.41, 5.74) is 15.1. The maximum absolute atomic E-state index is 13.7. The van der Waals surface area contributed by atoms with Gasteiger partial charge in [0.1, 0.15) is 0 Å². The average Bonchev–Trinajstić information content (AvgIpc) is 3.68. The van der Waals surface area contributed by atoms with Crippen LogP contribution in [0.2, 0.25) is 0 Å². The smallest absolute Gasteiger partial charge is 0.259 e. The van der Waals surface area contributed by atoms with E-state index in [-0.39, 0.29) is 5.91 Å². The molecule has 0 saturated carbocycles. The highest BCUT2D eigenvalue weighted by atomic mass is 16.2. The van der Waals surface area contributed by atoms with Crippen LogP contribution in [-0.4, -0.2) is 30.6 Å². The Labute approximate surface area is 248 Å². The number of nitrogens with one attached hydrogen (secondary N) is 2. The predicted octanol–water partition coefficient (Wildman–Crippen LogP) is 5.86. The number of hydrogen-bond acceptors (Lipinski definition) is 6. The fourth-order valence-electron chi connectivity index (χ4n) is 5.42. The van der Waals surface area contributed by atoms with Crippen molar-refractivity contribution in [3.63, 3.8) is 0 Å². The molecule has 0 bridgehead atoms. The Balaban J connectivity index is 1.22. The van der Waals surface area contributed by atoms with Gasteiger partial charge >= 0.3 is 0 Å². The lowest BCUT2D eigenvalue weighted by Crippen LogP contribution is -2.23. The number of carbonyl (C=O) groups is 1. The fourth-order valence-corrected chi connectivity index (χ4v) is 5.42. The summed E-state index contributed by atoms with van der Waals surface area (Å²) in [5, 5.41) is 8.63. The van der Waals surface area contributed by atoms with Crippen LogP contribution in [0, 0.1) is 25.7 Å². The molecule has 4 heterocycles. The first-order chi connectivity index (χ1) is 20.9. The molecule has 9 nitrogen and oxygen atoms in total. The molecule has 7 rings (SSSR count). The fraction of sp³-hybridized carbons (Fsp3) is 0.118. The van der Waals surface area contributed by atoms with Gasteiger partial charge in [-0.2, -0.15) is 5.10 Å². The third kappa shape index (κ3) is 4.65. The van der Waals surface area contributed by atoms with E-state index in [0.717, 1.165) is 55.8 Å². The Morgan fingerprint density at radius 1 is 1.00 bits per heavy atom. The number of amides is 1. The van der Waals surface area contributed by atoms with E-state index in [1.807, 2.05) is 98.7 Å². The van der Waals surface area contributed by atoms with E-state index in [0.29, 0.717) is 29.6 Å². The molecule has 0 aliphatic carbocycles. The zero-order chi connectivity index (χ0) is 29.7. The molecular weight excluding hydrogens is 536 g/mol. The number of H-pyrrole nitrogens is 1. The van der Waals surface area contributed by atoms with Gasteiger partial charge in [-0.1, -0.05) is 30.0 Å². The van der Waals surface area contributed by atoms with Crippen LogP contribution in [0.1, 0.15) is 38.3 Å². The Morgan fingerprint density at radius 3 is 2.60 bits per heavy atom. The van der Waals surface area contributed by atoms with Crippen molar-refractivity contribution in [2.75, 3.05) is 16.0 Å². The quantitative estimate of drug-likeness (QED) is 0.182. The number of carbonyl (C=O) groups excluding carboxylic acids is 1. The second-order valence-corrected chi connectivity index (χ2v) is 10.6. The second kappa shape index (κ2) is 10.2. The molecule has 0 spiro atoms. The van der Waals surface area contributed by atoms with Crippen LogP contribution in [-0.2, 0) is 13.6 Å². The molecule has 43 heavy (non-hydrogen) atoms. The first-order valence-electron chi connectivity index (χ1n) is 13.9. The standard InChI is InChI=1S/C34H28N8O/c1-20-17-37-34(38-30-16-21(2)41(3)40-30)39-31(20)27-18-36-32-25(27)7-5-9-29(32)42-19-28-23(6-4-8-26(28)33(42)43)13-10-22-11-14-24(35)15-12-22/h4-9,11-12,14-18,36H,19,35H2,1-3H3,(H,37,38,39,40). The van der Waals surface area contributed by atoms with Crippen molar-refractivity contribution in [3.05, 3.63) is 113 Å². The summed E-state index contributed by atoms with van der Waals surface area (Å²) in [4.78, 5) is 28.2. The number of aryl methyl sites for hydroxylation is 3. The van der Waals surface area contributed by atoms with Gasteiger partial charge in [0.25, 0.3) is 5.91 Å². The summed E-state index contributed by atoms with van der Waals surface area (Å²) >= 11 is 0. The summed E-state index contributed by atoms with van der Waals surface area (Å²) in [7, 11) is 1.89. The van der Waals surface area contributed by atoms with E-state index in [1.165, 1.54) is 0 Å². The van der Waals surface area contributed by atoms with E-state index < -0.39 is 0 Å². The van der Waals surface area contributed by atoms with Crippen LogP contribution >= 0.6 is 0 Å². The molecular formula is C34H28N8O. The van der Waals surface area contributed by atoms with Gasteiger partial charge in [-0.3, -0.25) is 9.48 Å². The van der Waals surface area contributed by atoms with Gasteiger partial charge in [0.05, 0.1) is 23.4 Å². The first kappa shape index (κ1) is 26.0. The number of para-hydroxylation sites is 1. The maximum atomic E-state index is 13.7. The van der Waals surface area contributed by atoms with Crippen LogP contribution in [0.4, 0.5) is 23.1 Å². The highest BCUT2D eigenvalue weighted by Crippen LogP contribution is 2.38. The molecule has 210 valence electrons. The SMILES string of the molecule is Cc1cnc(Nc2cc(C)n(C)n2)nc1-c1c[nH]c2c(N3Cc4c(C#Cc5ccc(N)cc5)cccc4C3=O)cccc12. The van der Waals surface area contributed by atoms with Gasteiger partial charge in [-0.05, 0) is 61.9 Å². The number of benzene rings is 3. The average molecular weight is 565 g/mol. The van der Waals surface area contributed by atoms with Crippen LogP contribution in [0.3, 0.4) is 0 Å². The van der Waals surface area contributed by atoms with E-state index in [9.17, 15) is 4.79 Å². The van der Waals surface area contributed by atoms with Crippen LogP contribution < -0.4 is 16.0 Å². The van der Waals surface area contributed by atoms with Gasteiger partial charge in [0.2, 0.25) is 5.95 Å². The minimum absolute atomic E-state index is 0.0508. The van der Waals surface area contributed by atoms with Gasteiger partial charge in [0.15, 0.2) is 5.82 Å². The molecule has 0 fully saturated rings. The Morgan fingerprint density at radius 2 is 1.81 bits per heavy atom. The number of nitrogen functional groups attached to an aromatic ring is 1. The third-order valence-corrected chi connectivity index (χ3v) is 7.78. The number of fused-ring (bicyclic) bond motifs is 2. The van der Waals surface area contributed by atoms with E-state index in [1.54, 1.807) is 10.9 Å². The normalized spacial score (nSPS) is 12.3. The van der Waals surface area contributed by atoms with Gasteiger partial charge < -0.3 is 20.9 Å². The maximum Gasteiger partial charge on any atom is 0.259 e. The van der Waals surface area contributed by atoms with Crippen LogP contribution in [0.15, 0.2) is 79.1 Å². The molecule has 0 atom stereocenters. The summed E-state index contributed by atoms with van der Waals surface area (Å²) in [6.07, 6.45) is 3.74. The molecule has 9 heteroatoms. The number of nitrogens with zero attached hydrogens (tertiary/aromatic N) is 5. The largest absolute Gasteiger partial charge is 0.399 e. The lowest BCUT2D eigenvalue weighted by atomic mass is 10.0. The third-order valence-electron chi connectivity index (χ3n) is 7.78. The molecule has 0 unspecified atom stereocenters. The van der Waals surface area contributed by atoms with Crippen molar-refractivity contribution in [1.29, 1.82) is 0 Å². The molecule has 4 N–H and O–H groups in total. The molecule has 3 aromatic heterocycles. The van der Waals surface area contributed by atoms with Crippen LogP contribution in [0.5, 0.6) is 0 Å². The minimum atomic E-state index is -0.0508. The topological polar surface area (TPSA) is 118 Å². The van der Waals surface area contributed by atoms with E-state index in [2.05, 4.69) is 32.2 Å². The number of aromatic nitrogens is 5. The molecule has 1 amide bonds. The molecule has 1 aliphatic rings. The summed E-state index contributed by atoms with van der Waals surface area (Å²) < 4.78 is 1.80. The van der Waals surface area contributed by atoms with E-state index in [4.69, 9.17) is 10.7 Å². The monoisotopic (exact) mass is 564 g/mol. The molecule has 0 radical (unpaired) electrons. The van der Waals surface area contributed by atoms with Gasteiger partial charge in [0, 0.05) is 70.1 Å². The minimum Gasteiger partial charge on any atom is -0.399 e. The summed E-state index contributed by atoms with van der Waals surface area (Å²) in [5.74, 6) is 7.56. The van der Waals surface area contributed by atoms with Crippen molar-refractivity contribution < 1.29 is 4.79 Å². The van der Waals surface area contributed by atoms with Crippen molar-refractivity contribution in [1.82, 2.24) is 24.7 Å². The number of anilines is 4. The summed E-state index contributed by atoms with van der Waals surface area (Å²) in [6, 6.07) is 21.1. The molecule has 0 saturated heterocycles. The summed E-state index contributed by atoms with van der Waals surface area (Å²) in [6.45, 7) is 4.40. The second-order valence-electron chi connectivity index (χ2n) is 10.6. The number of hydrogen-bond donors (Lipinski definition) is 3. The van der Waals surface area contributed by atoms with Gasteiger partial charge in [-0.25, -0.2) is 9.97 Å². The molecule has 6 aromatic rings.